The highest BCUT2D eigenvalue weighted by Gasteiger charge is 2.21. The normalized spacial score (nSPS) is 21.0. The molecule has 1 atom stereocenters. The van der Waals surface area contributed by atoms with Gasteiger partial charge >= 0.3 is 0 Å². The molecule has 1 fully saturated rings. The van der Waals surface area contributed by atoms with Crippen molar-refractivity contribution >= 4 is 0 Å². The Labute approximate surface area is 63.4 Å². The van der Waals surface area contributed by atoms with E-state index in [0.29, 0.717) is 6.61 Å². The minimum atomic E-state index is 0.367. The van der Waals surface area contributed by atoms with Crippen LogP contribution in [0.25, 0.3) is 0 Å². The molecule has 1 unspecified atom stereocenters. The van der Waals surface area contributed by atoms with Gasteiger partial charge in [-0.15, -0.1) is 0 Å². The molecular weight excluding hydrogens is 124 g/mol. The van der Waals surface area contributed by atoms with Gasteiger partial charge in [-0.3, -0.25) is 0 Å². The molecule has 0 amide bonds. The van der Waals surface area contributed by atoms with Gasteiger partial charge in [-0.1, -0.05) is 32.6 Å². The minimum Gasteiger partial charge on any atom is -0.396 e. The average molecular weight is 142 g/mol. The van der Waals surface area contributed by atoms with Crippen molar-refractivity contribution in [3.05, 3.63) is 0 Å². The van der Waals surface area contributed by atoms with Gasteiger partial charge in [0.25, 0.3) is 0 Å². The van der Waals surface area contributed by atoms with E-state index in [1.54, 1.807) is 0 Å². The maximum atomic E-state index is 8.62. The third kappa shape index (κ3) is 3.21. The molecule has 1 nitrogen and oxygen atoms in total. The van der Waals surface area contributed by atoms with Crippen LogP contribution in [-0.4, -0.2) is 11.7 Å². The Bertz CT molecular complexity index is 86.7. The second kappa shape index (κ2) is 3.97. The van der Waals surface area contributed by atoms with Gasteiger partial charge in [0, 0.05) is 6.61 Å². The summed E-state index contributed by atoms with van der Waals surface area (Å²) < 4.78 is 0. The second-order valence-electron chi connectivity index (χ2n) is 3.64. The highest BCUT2D eigenvalue weighted by Crippen LogP contribution is 2.34. The van der Waals surface area contributed by atoms with Crippen LogP contribution in [0.5, 0.6) is 0 Å². The highest BCUT2D eigenvalue weighted by molar-refractivity contribution is 4.73. The summed E-state index contributed by atoms with van der Waals surface area (Å²) >= 11 is 0. The zero-order chi connectivity index (χ0) is 7.40. The number of hydrogen-bond acceptors (Lipinski definition) is 1. The Hall–Kier alpha value is -0.0400. The van der Waals surface area contributed by atoms with Crippen LogP contribution in [-0.2, 0) is 0 Å². The lowest BCUT2D eigenvalue weighted by atomic mass is 10.0. The Kier molecular flexibility index (Phi) is 3.20. The summed E-state index contributed by atoms with van der Waals surface area (Å²) in [5, 5.41) is 8.62. The summed E-state index contributed by atoms with van der Waals surface area (Å²) in [6.07, 6.45) is 6.65. The molecule has 0 aliphatic heterocycles. The molecule has 0 radical (unpaired) electrons. The predicted octanol–water partition coefficient (Wildman–Crippen LogP) is 2.20. The Morgan fingerprint density at radius 1 is 1.40 bits per heavy atom. The summed E-state index contributed by atoms with van der Waals surface area (Å²) in [7, 11) is 0. The summed E-state index contributed by atoms with van der Waals surface area (Å²) in [5.74, 6) is 1.80. The third-order valence-corrected chi connectivity index (χ3v) is 2.39. The fraction of sp³-hybridized carbons (Fsp3) is 1.00. The Morgan fingerprint density at radius 2 is 2.10 bits per heavy atom. The summed E-state index contributed by atoms with van der Waals surface area (Å²) in [6.45, 7) is 2.60. The van der Waals surface area contributed by atoms with Gasteiger partial charge < -0.3 is 5.11 Å². The molecule has 10 heavy (non-hydrogen) atoms. The van der Waals surface area contributed by atoms with Crippen LogP contribution in [0.3, 0.4) is 0 Å². The predicted molar refractivity (Wildman–Crippen MR) is 42.8 cm³/mol. The van der Waals surface area contributed by atoms with Crippen molar-refractivity contribution < 1.29 is 5.11 Å². The molecule has 1 saturated carbocycles. The molecule has 1 rings (SSSR count). The van der Waals surface area contributed by atoms with Crippen molar-refractivity contribution in [1.82, 2.24) is 0 Å². The van der Waals surface area contributed by atoms with Gasteiger partial charge in [-0.2, -0.15) is 0 Å². The van der Waals surface area contributed by atoms with Gasteiger partial charge in [-0.25, -0.2) is 0 Å². The SMILES string of the molecule is CC(CCO)CCC1CC1. The van der Waals surface area contributed by atoms with E-state index < -0.39 is 0 Å². The quantitative estimate of drug-likeness (QED) is 0.624. The van der Waals surface area contributed by atoms with Gasteiger partial charge in [0.05, 0.1) is 0 Å². The van der Waals surface area contributed by atoms with Crippen LogP contribution in [0.4, 0.5) is 0 Å². The highest BCUT2D eigenvalue weighted by atomic mass is 16.2. The zero-order valence-corrected chi connectivity index (χ0v) is 6.84. The van der Waals surface area contributed by atoms with Crippen LogP contribution >= 0.6 is 0 Å². The lowest BCUT2D eigenvalue weighted by Crippen LogP contribution is -1.98. The van der Waals surface area contributed by atoms with E-state index in [9.17, 15) is 0 Å². The van der Waals surface area contributed by atoms with Crippen LogP contribution < -0.4 is 0 Å². The van der Waals surface area contributed by atoms with Crippen LogP contribution in [0.1, 0.15) is 39.0 Å². The van der Waals surface area contributed by atoms with Crippen molar-refractivity contribution in [3.63, 3.8) is 0 Å². The first-order chi connectivity index (χ1) is 4.83. The van der Waals surface area contributed by atoms with Gasteiger partial charge in [0.1, 0.15) is 0 Å². The number of rotatable bonds is 5. The third-order valence-electron chi connectivity index (χ3n) is 2.39. The molecule has 0 aromatic carbocycles. The van der Waals surface area contributed by atoms with E-state index in [1.165, 1.54) is 25.7 Å². The van der Waals surface area contributed by atoms with E-state index in [-0.39, 0.29) is 0 Å². The summed E-state index contributed by atoms with van der Waals surface area (Å²) in [6, 6.07) is 0. The van der Waals surface area contributed by atoms with Crippen LogP contribution in [0.2, 0.25) is 0 Å². The van der Waals surface area contributed by atoms with Gasteiger partial charge in [0.15, 0.2) is 0 Å². The van der Waals surface area contributed by atoms with Crippen molar-refractivity contribution in [2.75, 3.05) is 6.61 Å². The Morgan fingerprint density at radius 3 is 2.60 bits per heavy atom. The first-order valence-corrected chi connectivity index (χ1v) is 4.43. The maximum Gasteiger partial charge on any atom is 0.0433 e. The second-order valence-corrected chi connectivity index (χ2v) is 3.64. The smallest absolute Gasteiger partial charge is 0.0433 e. The van der Waals surface area contributed by atoms with Crippen molar-refractivity contribution in [1.29, 1.82) is 0 Å². The molecule has 1 aliphatic rings. The molecule has 1 N–H and O–H groups in total. The van der Waals surface area contributed by atoms with E-state index in [2.05, 4.69) is 6.92 Å². The molecule has 0 bridgehead atoms. The largest absolute Gasteiger partial charge is 0.396 e. The van der Waals surface area contributed by atoms with E-state index in [4.69, 9.17) is 5.11 Å². The van der Waals surface area contributed by atoms with Crippen molar-refractivity contribution in [3.8, 4) is 0 Å². The van der Waals surface area contributed by atoms with Crippen molar-refractivity contribution in [2.45, 2.75) is 39.0 Å². The topological polar surface area (TPSA) is 20.2 Å². The van der Waals surface area contributed by atoms with E-state index in [0.717, 1.165) is 18.3 Å². The lowest BCUT2D eigenvalue weighted by Gasteiger charge is -2.07. The molecule has 0 saturated heterocycles. The average Bonchev–Trinajstić information content (AvgIpc) is 2.67. The fourth-order valence-electron chi connectivity index (χ4n) is 1.29. The van der Waals surface area contributed by atoms with Crippen LogP contribution in [0, 0.1) is 11.8 Å². The first kappa shape index (κ1) is 8.06. The van der Waals surface area contributed by atoms with E-state index in [1.807, 2.05) is 0 Å². The van der Waals surface area contributed by atoms with Crippen molar-refractivity contribution in [2.24, 2.45) is 11.8 Å². The molecule has 0 aromatic heterocycles. The molecule has 0 spiro atoms. The molecule has 60 valence electrons. The number of aliphatic hydroxyl groups is 1. The van der Waals surface area contributed by atoms with E-state index >= 15 is 0 Å². The molecule has 1 heteroatoms. The van der Waals surface area contributed by atoms with Gasteiger partial charge in [-0.05, 0) is 18.3 Å². The number of aliphatic hydroxyl groups excluding tert-OH is 1. The van der Waals surface area contributed by atoms with Crippen LogP contribution in [0.15, 0.2) is 0 Å². The Balaban J connectivity index is 1.89. The molecular formula is C9H18O. The minimum absolute atomic E-state index is 0.367. The first-order valence-electron chi connectivity index (χ1n) is 4.43. The fourth-order valence-corrected chi connectivity index (χ4v) is 1.29. The molecule has 1 aliphatic carbocycles. The van der Waals surface area contributed by atoms with Gasteiger partial charge in [0.2, 0.25) is 0 Å². The lowest BCUT2D eigenvalue weighted by molar-refractivity contribution is 0.256. The summed E-state index contributed by atoms with van der Waals surface area (Å²) in [4.78, 5) is 0. The monoisotopic (exact) mass is 142 g/mol. The zero-order valence-electron chi connectivity index (χ0n) is 6.84. The molecule has 0 heterocycles. The molecule has 0 aromatic rings. The maximum absolute atomic E-state index is 8.62. The summed E-state index contributed by atoms with van der Waals surface area (Å²) in [5.41, 5.74) is 0. The standard InChI is InChI=1S/C9H18O/c1-8(6-7-10)2-3-9-4-5-9/h8-10H,2-7H2,1H3. The number of hydrogen-bond donors (Lipinski definition) is 1.